The number of hydrogen-bond acceptors (Lipinski definition) is 5. The zero-order valence-electron chi connectivity index (χ0n) is 21.9. The Hall–Kier alpha value is -1.79. The van der Waals surface area contributed by atoms with Crippen molar-refractivity contribution in [2.24, 2.45) is 5.41 Å². The number of halogens is 2. The molecule has 4 rings (SSSR count). The van der Waals surface area contributed by atoms with Crippen LogP contribution in [0.2, 0.25) is 0 Å². The highest BCUT2D eigenvalue weighted by atomic mass is 35.5. The van der Waals surface area contributed by atoms with Crippen molar-refractivity contribution in [1.29, 1.82) is 0 Å². The Morgan fingerprint density at radius 1 is 0.944 bits per heavy atom. The van der Waals surface area contributed by atoms with E-state index in [0.29, 0.717) is 11.8 Å². The van der Waals surface area contributed by atoms with Crippen LogP contribution in [-0.4, -0.2) is 61.6 Å². The Labute approximate surface area is 229 Å². The van der Waals surface area contributed by atoms with Crippen LogP contribution >= 0.6 is 24.8 Å². The summed E-state index contributed by atoms with van der Waals surface area (Å²) in [4.78, 5) is 18.3. The second-order valence-corrected chi connectivity index (χ2v) is 10.5. The van der Waals surface area contributed by atoms with E-state index in [2.05, 4.69) is 55.0 Å². The maximum atomic E-state index is 13.3. The number of benzene rings is 2. The average molecular weight is 538 g/mol. The summed E-state index contributed by atoms with van der Waals surface area (Å²) in [7, 11) is 2.20. The molecule has 0 bridgehead atoms. The van der Waals surface area contributed by atoms with Gasteiger partial charge in [0.15, 0.2) is 6.61 Å². The first-order valence-corrected chi connectivity index (χ1v) is 12.8. The van der Waals surface area contributed by atoms with Crippen LogP contribution in [0.4, 0.5) is 0 Å². The van der Waals surface area contributed by atoms with Crippen LogP contribution in [-0.2, 0) is 15.1 Å². The molecule has 36 heavy (non-hydrogen) atoms. The molecule has 7 heteroatoms. The van der Waals surface area contributed by atoms with Crippen LogP contribution < -0.4 is 4.74 Å². The van der Waals surface area contributed by atoms with Gasteiger partial charge in [-0.2, -0.15) is 0 Å². The maximum Gasteiger partial charge on any atom is 0.345 e. The Bertz CT molecular complexity index is 925. The number of piperidine rings is 1. The summed E-state index contributed by atoms with van der Waals surface area (Å²) in [6.45, 7) is 8.46. The molecule has 0 saturated carbocycles. The first kappa shape index (κ1) is 30.4. The lowest BCUT2D eigenvalue weighted by Gasteiger charge is -2.57. The SMILES string of the molecule is CC1CC(OC(=O)COc2ccccc2)(c2ccccc2)C(C)(CN2CCCCCC2)CN1C.Cl.Cl. The largest absolute Gasteiger partial charge is 0.482 e. The molecule has 0 aromatic heterocycles. The van der Waals surface area contributed by atoms with Gasteiger partial charge in [0.05, 0.1) is 0 Å². The quantitative estimate of drug-likeness (QED) is 0.408. The third-order valence-electron chi connectivity index (χ3n) is 7.81. The zero-order chi connectivity index (χ0) is 24.0. The minimum absolute atomic E-state index is 0. The Kier molecular flexibility index (Phi) is 11.6. The number of hydrogen-bond donors (Lipinski definition) is 0. The van der Waals surface area contributed by atoms with Gasteiger partial charge in [0.1, 0.15) is 11.4 Å². The molecular weight excluding hydrogens is 495 g/mol. The first-order valence-electron chi connectivity index (χ1n) is 12.8. The van der Waals surface area contributed by atoms with Crippen LogP contribution in [0.25, 0.3) is 0 Å². The van der Waals surface area contributed by atoms with Gasteiger partial charge in [0.25, 0.3) is 0 Å². The van der Waals surface area contributed by atoms with Gasteiger partial charge in [0.2, 0.25) is 0 Å². The monoisotopic (exact) mass is 536 g/mol. The van der Waals surface area contributed by atoms with E-state index in [9.17, 15) is 4.79 Å². The van der Waals surface area contributed by atoms with Gasteiger partial charge in [-0.3, -0.25) is 0 Å². The molecule has 2 aromatic rings. The van der Waals surface area contributed by atoms with E-state index in [1.54, 1.807) is 0 Å². The lowest BCUT2D eigenvalue weighted by Crippen LogP contribution is -2.64. The number of rotatable bonds is 7. The number of para-hydroxylation sites is 1. The third kappa shape index (κ3) is 6.95. The molecule has 0 radical (unpaired) electrons. The summed E-state index contributed by atoms with van der Waals surface area (Å²) >= 11 is 0. The van der Waals surface area contributed by atoms with E-state index in [4.69, 9.17) is 9.47 Å². The normalized spacial score (nSPS) is 27.1. The number of ether oxygens (including phenoxy) is 2. The predicted octanol–water partition coefficient (Wildman–Crippen LogP) is 5.95. The molecule has 0 spiro atoms. The fourth-order valence-corrected chi connectivity index (χ4v) is 5.90. The van der Waals surface area contributed by atoms with E-state index < -0.39 is 5.60 Å². The predicted molar refractivity (Wildman–Crippen MR) is 150 cm³/mol. The van der Waals surface area contributed by atoms with Gasteiger partial charge in [-0.15, -0.1) is 24.8 Å². The van der Waals surface area contributed by atoms with Gasteiger partial charge < -0.3 is 19.3 Å². The third-order valence-corrected chi connectivity index (χ3v) is 7.81. The van der Waals surface area contributed by atoms with Gasteiger partial charge in [-0.05, 0) is 57.6 Å². The van der Waals surface area contributed by atoms with Crippen LogP contribution in [0.5, 0.6) is 5.75 Å². The van der Waals surface area contributed by atoms with Crippen molar-refractivity contribution in [2.45, 2.75) is 57.6 Å². The Balaban J connectivity index is 0.00000228. The van der Waals surface area contributed by atoms with Gasteiger partial charge in [-0.1, -0.05) is 68.3 Å². The summed E-state index contributed by atoms with van der Waals surface area (Å²) in [6.07, 6.45) is 5.85. The molecule has 2 aliphatic rings. The molecule has 2 saturated heterocycles. The second kappa shape index (κ2) is 13.7. The van der Waals surface area contributed by atoms with Crippen LogP contribution in [0.15, 0.2) is 60.7 Å². The lowest BCUT2D eigenvalue weighted by atomic mass is 9.63. The number of esters is 1. The average Bonchev–Trinajstić information content (AvgIpc) is 3.11. The van der Waals surface area contributed by atoms with E-state index in [1.165, 1.54) is 25.7 Å². The standard InChI is InChI=1S/C29H40N2O3.2ClH/c1-24-20-29(25-14-8-6-9-15-25,34-27(32)21-33-26-16-10-7-11-17-26)28(2,22-30(24)3)23-31-18-12-4-5-13-19-31;;/h6-11,14-17,24H,4-5,12-13,18-23H2,1-3H3;2*1H. The van der Waals surface area contributed by atoms with E-state index in [1.807, 2.05) is 36.4 Å². The number of likely N-dealkylation sites (tertiary alicyclic amines) is 2. The summed E-state index contributed by atoms with van der Waals surface area (Å²) in [5.74, 6) is 0.365. The molecule has 2 heterocycles. The molecule has 3 atom stereocenters. The fourth-order valence-electron chi connectivity index (χ4n) is 5.90. The molecule has 200 valence electrons. The molecule has 0 aliphatic carbocycles. The highest BCUT2D eigenvalue weighted by molar-refractivity contribution is 5.85. The van der Waals surface area contributed by atoms with E-state index in [0.717, 1.165) is 38.2 Å². The highest BCUT2D eigenvalue weighted by Gasteiger charge is 2.57. The van der Waals surface area contributed by atoms with Gasteiger partial charge >= 0.3 is 5.97 Å². The van der Waals surface area contributed by atoms with Gasteiger partial charge in [-0.25, -0.2) is 4.79 Å². The van der Waals surface area contributed by atoms with Crippen molar-refractivity contribution < 1.29 is 14.3 Å². The number of carbonyl (C=O) groups is 1. The van der Waals surface area contributed by atoms with Crippen molar-refractivity contribution in [3.63, 3.8) is 0 Å². The fraction of sp³-hybridized carbons (Fsp3) is 0.552. The van der Waals surface area contributed by atoms with Crippen LogP contribution in [0.3, 0.4) is 0 Å². The molecule has 0 N–H and O–H groups in total. The molecular formula is C29H42Cl2N2O3. The summed E-state index contributed by atoms with van der Waals surface area (Å²) in [5, 5.41) is 0. The minimum Gasteiger partial charge on any atom is -0.482 e. The second-order valence-electron chi connectivity index (χ2n) is 10.5. The highest BCUT2D eigenvalue weighted by Crippen LogP contribution is 2.51. The Morgan fingerprint density at radius 2 is 1.53 bits per heavy atom. The molecule has 3 unspecified atom stereocenters. The zero-order valence-corrected chi connectivity index (χ0v) is 23.5. The van der Waals surface area contributed by atoms with Gasteiger partial charge in [0, 0.05) is 31.0 Å². The number of carbonyl (C=O) groups excluding carboxylic acids is 1. The molecule has 2 aliphatic heterocycles. The minimum atomic E-state index is -0.719. The maximum absolute atomic E-state index is 13.3. The summed E-state index contributed by atoms with van der Waals surface area (Å²) in [5.41, 5.74) is 0.103. The topological polar surface area (TPSA) is 42.0 Å². The molecule has 5 nitrogen and oxygen atoms in total. The Morgan fingerprint density at radius 3 is 2.14 bits per heavy atom. The number of nitrogens with zero attached hydrogens (tertiary/aromatic N) is 2. The molecule has 0 amide bonds. The van der Waals surface area contributed by atoms with E-state index in [-0.39, 0.29) is 42.8 Å². The van der Waals surface area contributed by atoms with Crippen molar-refractivity contribution in [2.75, 3.05) is 39.8 Å². The molecule has 2 aromatic carbocycles. The van der Waals surface area contributed by atoms with Crippen LogP contribution in [0.1, 0.15) is 51.5 Å². The molecule has 2 fully saturated rings. The van der Waals surface area contributed by atoms with Crippen molar-refractivity contribution >= 4 is 30.8 Å². The van der Waals surface area contributed by atoms with Crippen molar-refractivity contribution in [1.82, 2.24) is 9.80 Å². The van der Waals surface area contributed by atoms with Crippen molar-refractivity contribution in [3.8, 4) is 5.75 Å². The lowest BCUT2D eigenvalue weighted by molar-refractivity contribution is -0.203. The van der Waals surface area contributed by atoms with E-state index >= 15 is 0 Å². The van der Waals surface area contributed by atoms with Crippen LogP contribution in [0, 0.1) is 5.41 Å². The summed E-state index contributed by atoms with van der Waals surface area (Å²) in [6, 6.07) is 20.2. The smallest absolute Gasteiger partial charge is 0.345 e. The first-order chi connectivity index (χ1) is 16.4. The van der Waals surface area contributed by atoms with Crippen molar-refractivity contribution in [3.05, 3.63) is 66.2 Å². The summed E-state index contributed by atoms with van der Waals surface area (Å²) < 4.78 is 12.4.